The molecular formula is C23H22BrNO6. The van der Waals surface area contributed by atoms with Crippen LogP contribution in [0.3, 0.4) is 0 Å². The van der Waals surface area contributed by atoms with Crippen molar-refractivity contribution in [1.82, 2.24) is 5.32 Å². The van der Waals surface area contributed by atoms with Gasteiger partial charge in [-0.3, -0.25) is 4.79 Å². The highest BCUT2D eigenvalue weighted by atomic mass is 79.9. The van der Waals surface area contributed by atoms with Gasteiger partial charge in [0.05, 0.1) is 0 Å². The van der Waals surface area contributed by atoms with Gasteiger partial charge < -0.3 is 19.2 Å². The van der Waals surface area contributed by atoms with Gasteiger partial charge in [-0.25, -0.2) is 9.59 Å². The Kier molecular flexibility index (Phi) is 7.12. The molecule has 1 heterocycles. The summed E-state index contributed by atoms with van der Waals surface area (Å²) in [7, 11) is 0. The molecule has 0 aliphatic carbocycles. The Hall–Kier alpha value is -3.13. The van der Waals surface area contributed by atoms with Crippen LogP contribution >= 0.6 is 15.9 Å². The van der Waals surface area contributed by atoms with E-state index in [1.807, 2.05) is 26.8 Å². The second-order valence-electron chi connectivity index (χ2n) is 7.42. The first kappa shape index (κ1) is 22.6. The van der Waals surface area contributed by atoms with Crippen LogP contribution < -0.4 is 20.4 Å². The zero-order valence-corrected chi connectivity index (χ0v) is 18.9. The molecule has 0 spiro atoms. The minimum absolute atomic E-state index is 0.0731. The first-order valence-electron chi connectivity index (χ1n) is 9.68. The number of fused-ring (bicyclic) bond motifs is 1. The number of rotatable bonds is 7. The van der Waals surface area contributed by atoms with E-state index in [-0.39, 0.29) is 29.4 Å². The average molecular weight is 488 g/mol. The molecule has 1 aromatic heterocycles. The largest absolute Gasteiger partial charge is 0.482 e. The number of benzene rings is 2. The lowest BCUT2D eigenvalue weighted by Gasteiger charge is -2.09. The van der Waals surface area contributed by atoms with Crippen LogP contribution in [-0.2, 0) is 4.79 Å². The molecule has 0 saturated heterocycles. The molecule has 3 aromatic rings. The highest BCUT2D eigenvalue weighted by Gasteiger charge is 2.15. The molecule has 0 radical (unpaired) electrons. The number of carbonyl (C=O) groups excluding carboxylic acids is 2. The van der Waals surface area contributed by atoms with Gasteiger partial charge in [-0.15, -0.1) is 0 Å². The third kappa shape index (κ3) is 5.95. The van der Waals surface area contributed by atoms with Gasteiger partial charge in [0.2, 0.25) is 0 Å². The maximum absolute atomic E-state index is 12.2. The molecule has 2 aromatic carbocycles. The number of halogens is 1. The lowest BCUT2D eigenvalue weighted by atomic mass is 10.1. The molecule has 0 aliphatic heterocycles. The summed E-state index contributed by atoms with van der Waals surface area (Å²) in [6.07, 6.45) is 0. The summed E-state index contributed by atoms with van der Waals surface area (Å²) in [4.78, 5) is 36.5. The van der Waals surface area contributed by atoms with E-state index in [2.05, 4.69) is 21.2 Å². The van der Waals surface area contributed by atoms with Gasteiger partial charge in [0.15, 0.2) is 6.61 Å². The van der Waals surface area contributed by atoms with Crippen LogP contribution in [0.15, 0.2) is 56.1 Å². The molecular weight excluding hydrogens is 466 g/mol. The van der Waals surface area contributed by atoms with Crippen molar-refractivity contribution in [2.45, 2.75) is 20.8 Å². The second kappa shape index (κ2) is 9.78. The van der Waals surface area contributed by atoms with Gasteiger partial charge in [0.1, 0.15) is 22.6 Å². The van der Waals surface area contributed by atoms with Crippen LogP contribution in [0.4, 0.5) is 0 Å². The fraction of sp³-hybridized carbons (Fsp3) is 0.261. The molecule has 31 heavy (non-hydrogen) atoms. The maximum Gasteiger partial charge on any atom is 0.349 e. The van der Waals surface area contributed by atoms with Crippen molar-refractivity contribution in [3.63, 3.8) is 0 Å². The van der Waals surface area contributed by atoms with E-state index in [0.717, 1.165) is 10.0 Å². The smallest absolute Gasteiger partial charge is 0.349 e. The minimum atomic E-state index is -0.758. The standard InChI is InChI=1S/C23H22BrNO6/c1-13(2)11-25-22(27)18-9-15-4-5-17(10-20(15)31-23(18)28)30-21(26)12-29-16-6-7-19(24)14(3)8-16/h4-10,13H,11-12H2,1-3H3,(H,25,27). The average Bonchev–Trinajstić information content (AvgIpc) is 2.72. The normalized spacial score (nSPS) is 10.9. The number of hydrogen-bond acceptors (Lipinski definition) is 6. The van der Waals surface area contributed by atoms with E-state index in [0.29, 0.717) is 17.7 Å². The monoisotopic (exact) mass is 487 g/mol. The molecule has 0 bridgehead atoms. The molecule has 0 saturated carbocycles. The minimum Gasteiger partial charge on any atom is -0.482 e. The molecule has 7 nitrogen and oxygen atoms in total. The highest BCUT2D eigenvalue weighted by molar-refractivity contribution is 9.10. The summed E-state index contributed by atoms with van der Waals surface area (Å²) in [5.41, 5.74) is 0.357. The van der Waals surface area contributed by atoms with E-state index in [1.165, 1.54) is 12.1 Å². The van der Waals surface area contributed by atoms with Crippen molar-refractivity contribution in [2.24, 2.45) is 5.92 Å². The van der Waals surface area contributed by atoms with Gasteiger partial charge in [-0.05, 0) is 54.8 Å². The summed E-state index contributed by atoms with van der Waals surface area (Å²) in [5, 5.41) is 3.23. The van der Waals surface area contributed by atoms with Gasteiger partial charge >= 0.3 is 11.6 Å². The Bertz CT molecular complexity index is 1180. The van der Waals surface area contributed by atoms with Crippen molar-refractivity contribution in [2.75, 3.05) is 13.2 Å². The number of esters is 1. The Morgan fingerprint density at radius 1 is 1.10 bits per heavy atom. The molecule has 8 heteroatoms. The predicted octanol–water partition coefficient (Wildman–Crippen LogP) is 4.23. The van der Waals surface area contributed by atoms with E-state index < -0.39 is 17.5 Å². The van der Waals surface area contributed by atoms with Gasteiger partial charge in [0, 0.05) is 22.5 Å². The Morgan fingerprint density at radius 3 is 2.55 bits per heavy atom. The van der Waals surface area contributed by atoms with Crippen LogP contribution in [-0.4, -0.2) is 25.0 Å². The predicted molar refractivity (Wildman–Crippen MR) is 120 cm³/mol. The van der Waals surface area contributed by atoms with Gasteiger partial charge in [0.25, 0.3) is 5.91 Å². The molecule has 0 aliphatic rings. The number of carbonyl (C=O) groups is 2. The fourth-order valence-corrected chi connectivity index (χ4v) is 2.96. The SMILES string of the molecule is Cc1cc(OCC(=O)Oc2ccc3cc(C(=O)NCC(C)C)c(=O)oc3c2)ccc1Br. The van der Waals surface area contributed by atoms with Crippen molar-refractivity contribution in [3.05, 3.63) is 68.5 Å². The molecule has 0 fully saturated rings. The van der Waals surface area contributed by atoms with E-state index in [9.17, 15) is 14.4 Å². The lowest BCUT2D eigenvalue weighted by Crippen LogP contribution is -2.31. The molecule has 0 unspecified atom stereocenters. The van der Waals surface area contributed by atoms with Crippen LogP contribution in [0.1, 0.15) is 29.8 Å². The first-order valence-corrected chi connectivity index (χ1v) is 10.5. The maximum atomic E-state index is 12.2. The summed E-state index contributed by atoms with van der Waals surface area (Å²) < 4.78 is 16.9. The zero-order chi connectivity index (χ0) is 22.5. The number of aryl methyl sites for hydroxylation is 1. The van der Waals surface area contributed by atoms with Crippen LogP contribution in [0, 0.1) is 12.8 Å². The number of amides is 1. The van der Waals surface area contributed by atoms with Gasteiger partial charge in [-0.2, -0.15) is 0 Å². The highest BCUT2D eigenvalue weighted by Crippen LogP contribution is 2.23. The van der Waals surface area contributed by atoms with Crippen molar-refractivity contribution < 1.29 is 23.5 Å². The third-order valence-electron chi connectivity index (χ3n) is 4.34. The third-order valence-corrected chi connectivity index (χ3v) is 5.23. The summed E-state index contributed by atoms with van der Waals surface area (Å²) in [6, 6.07) is 11.4. The topological polar surface area (TPSA) is 94.8 Å². The lowest BCUT2D eigenvalue weighted by molar-refractivity contribution is -0.136. The summed E-state index contributed by atoms with van der Waals surface area (Å²) >= 11 is 3.40. The fourth-order valence-electron chi connectivity index (χ4n) is 2.72. The number of hydrogen-bond donors (Lipinski definition) is 1. The van der Waals surface area contributed by atoms with E-state index >= 15 is 0 Å². The summed E-state index contributed by atoms with van der Waals surface area (Å²) in [6.45, 7) is 6.00. The first-order chi connectivity index (χ1) is 14.7. The number of ether oxygens (including phenoxy) is 2. The Labute approximate surface area is 187 Å². The van der Waals surface area contributed by atoms with E-state index in [4.69, 9.17) is 13.9 Å². The zero-order valence-electron chi connectivity index (χ0n) is 17.4. The molecule has 1 amide bonds. The molecule has 0 atom stereocenters. The van der Waals surface area contributed by atoms with E-state index in [1.54, 1.807) is 24.3 Å². The second-order valence-corrected chi connectivity index (χ2v) is 8.28. The Morgan fingerprint density at radius 2 is 1.84 bits per heavy atom. The van der Waals surface area contributed by atoms with Crippen LogP contribution in [0.25, 0.3) is 11.0 Å². The Balaban J connectivity index is 1.68. The van der Waals surface area contributed by atoms with Crippen molar-refractivity contribution in [1.29, 1.82) is 0 Å². The number of nitrogens with one attached hydrogen (secondary N) is 1. The summed E-state index contributed by atoms with van der Waals surface area (Å²) in [5.74, 6) is -0.0868. The van der Waals surface area contributed by atoms with Crippen molar-refractivity contribution >= 4 is 38.8 Å². The molecule has 3 rings (SSSR count). The molecule has 162 valence electrons. The molecule has 1 N–H and O–H groups in total. The van der Waals surface area contributed by atoms with Crippen LogP contribution in [0.2, 0.25) is 0 Å². The quantitative estimate of drug-likeness (QED) is 0.304. The van der Waals surface area contributed by atoms with Crippen molar-refractivity contribution in [3.8, 4) is 11.5 Å². The van der Waals surface area contributed by atoms with Gasteiger partial charge in [-0.1, -0.05) is 29.8 Å². The van der Waals surface area contributed by atoms with Crippen LogP contribution in [0.5, 0.6) is 11.5 Å².